The highest BCUT2D eigenvalue weighted by Crippen LogP contribution is 2.39. The van der Waals surface area contributed by atoms with Crippen LogP contribution in [0, 0.1) is 0 Å². The lowest BCUT2D eigenvalue weighted by molar-refractivity contribution is 0.174. The molecule has 0 aromatic heterocycles. The zero-order valence-corrected chi connectivity index (χ0v) is 8.60. The van der Waals surface area contributed by atoms with Gasteiger partial charge in [0, 0.05) is 23.8 Å². The molecule has 4 nitrogen and oxygen atoms in total. The minimum Gasteiger partial charge on any atom is -0.454 e. The van der Waals surface area contributed by atoms with Gasteiger partial charge in [0.25, 0.3) is 0 Å². The lowest BCUT2D eigenvalue weighted by Crippen LogP contribution is -1.92. The van der Waals surface area contributed by atoms with Gasteiger partial charge in [0.2, 0.25) is 6.79 Å². The normalized spacial score (nSPS) is 13.2. The number of nitrogen functional groups attached to an aromatic ring is 1. The molecule has 14 heavy (non-hydrogen) atoms. The molecule has 1 aromatic rings. The van der Waals surface area contributed by atoms with Crippen LogP contribution in [0.4, 0.5) is 5.69 Å². The van der Waals surface area contributed by atoms with E-state index in [0.717, 1.165) is 10.6 Å². The molecule has 5 heteroatoms. The molecule has 0 fully saturated rings. The van der Waals surface area contributed by atoms with Crippen LogP contribution < -0.4 is 15.2 Å². The minimum atomic E-state index is 0.271. The summed E-state index contributed by atoms with van der Waals surface area (Å²) in [7, 11) is 1.65. The second kappa shape index (κ2) is 3.98. The largest absolute Gasteiger partial charge is 0.454 e. The predicted molar refractivity (Wildman–Crippen MR) is 54.7 cm³/mol. The Morgan fingerprint density at radius 2 is 2.14 bits per heavy atom. The molecule has 1 aliphatic heterocycles. The first-order chi connectivity index (χ1) is 6.81. The van der Waals surface area contributed by atoms with Gasteiger partial charge >= 0.3 is 0 Å². The summed E-state index contributed by atoms with van der Waals surface area (Å²) in [6, 6.07) is 3.65. The average Bonchev–Trinajstić information content (AvgIpc) is 2.61. The summed E-state index contributed by atoms with van der Waals surface area (Å²) in [6.07, 6.45) is 0. The number of nitrogens with two attached hydrogens (primary N) is 1. The minimum absolute atomic E-state index is 0.271. The Morgan fingerprint density at radius 1 is 1.43 bits per heavy atom. The summed E-state index contributed by atoms with van der Waals surface area (Å²) in [6.45, 7) is 0.271. The molecule has 1 heterocycles. The molecule has 2 rings (SSSR count). The van der Waals surface area contributed by atoms with Gasteiger partial charge in [-0.3, -0.25) is 0 Å². The van der Waals surface area contributed by atoms with E-state index in [9.17, 15) is 0 Å². The fourth-order valence-electron chi connectivity index (χ4n) is 1.19. The fourth-order valence-corrected chi connectivity index (χ4v) is 1.85. The van der Waals surface area contributed by atoms with Crippen LogP contribution in [0.2, 0.25) is 0 Å². The number of methoxy groups -OCH3 is 1. The van der Waals surface area contributed by atoms with Crippen molar-refractivity contribution in [1.29, 1.82) is 0 Å². The third-order valence-electron chi connectivity index (χ3n) is 1.84. The lowest BCUT2D eigenvalue weighted by Gasteiger charge is -2.05. The van der Waals surface area contributed by atoms with Crippen LogP contribution in [-0.4, -0.2) is 19.8 Å². The summed E-state index contributed by atoms with van der Waals surface area (Å²) in [5.74, 6) is 2.03. The highest BCUT2D eigenvalue weighted by atomic mass is 32.2. The Balaban J connectivity index is 2.23. The van der Waals surface area contributed by atoms with E-state index >= 15 is 0 Å². The van der Waals surface area contributed by atoms with Gasteiger partial charge in [-0.2, -0.15) is 0 Å². The number of benzene rings is 1. The van der Waals surface area contributed by atoms with E-state index in [2.05, 4.69) is 0 Å². The SMILES string of the molecule is COCSc1cc2c(cc1N)OCO2. The molecular weight excluding hydrogens is 202 g/mol. The number of hydrogen-bond donors (Lipinski definition) is 1. The van der Waals surface area contributed by atoms with Crippen molar-refractivity contribution in [2.24, 2.45) is 0 Å². The molecule has 0 spiro atoms. The van der Waals surface area contributed by atoms with Crippen LogP contribution in [0.25, 0.3) is 0 Å². The van der Waals surface area contributed by atoms with Crippen molar-refractivity contribution in [2.75, 3.05) is 25.6 Å². The van der Waals surface area contributed by atoms with Crippen LogP contribution in [-0.2, 0) is 4.74 Å². The molecule has 2 N–H and O–H groups in total. The maximum Gasteiger partial charge on any atom is 0.231 e. The van der Waals surface area contributed by atoms with Crippen molar-refractivity contribution in [1.82, 2.24) is 0 Å². The van der Waals surface area contributed by atoms with Crippen molar-refractivity contribution in [3.63, 3.8) is 0 Å². The van der Waals surface area contributed by atoms with Crippen LogP contribution >= 0.6 is 11.8 Å². The van der Waals surface area contributed by atoms with Crippen LogP contribution in [0.5, 0.6) is 11.5 Å². The van der Waals surface area contributed by atoms with E-state index in [-0.39, 0.29) is 6.79 Å². The standard InChI is InChI=1S/C9H11NO3S/c1-11-5-14-9-3-8-7(2-6(9)10)12-4-13-8/h2-3H,4-5,10H2,1H3. The molecule has 0 saturated carbocycles. The van der Waals surface area contributed by atoms with Gasteiger partial charge in [0.05, 0.1) is 5.94 Å². The number of anilines is 1. The molecule has 0 unspecified atom stereocenters. The number of thioether (sulfide) groups is 1. The molecule has 1 aliphatic rings. The summed E-state index contributed by atoms with van der Waals surface area (Å²) in [5.41, 5.74) is 6.51. The van der Waals surface area contributed by atoms with Crippen LogP contribution in [0.3, 0.4) is 0 Å². The monoisotopic (exact) mass is 213 g/mol. The molecule has 1 aromatic carbocycles. The zero-order valence-electron chi connectivity index (χ0n) is 7.78. The second-order valence-electron chi connectivity index (χ2n) is 2.79. The predicted octanol–water partition coefficient (Wildman–Crippen LogP) is 1.69. The smallest absolute Gasteiger partial charge is 0.231 e. The summed E-state index contributed by atoms with van der Waals surface area (Å²) in [4.78, 5) is 0.955. The van der Waals surface area contributed by atoms with Gasteiger partial charge in [-0.15, -0.1) is 0 Å². The van der Waals surface area contributed by atoms with Crippen molar-refractivity contribution in [3.05, 3.63) is 12.1 Å². The highest BCUT2D eigenvalue weighted by Gasteiger charge is 2.15. The van der Waals surface area contributed by atoms with Gasteiger partial charge in [-0.25, -0.2) is 0 Å². The van der Waals surface area contributed by atoms with Gasteiger partial charge < -0.3 is 19.9 Å². The van der Waals surface area contributed by atoms with Gasteiger partial charge in [0.15, 0.2) is 11.5 Å². The van der Waals surface area contributed by atoms with E-state index in [1.807, 2.05) is 6.07 Å². The second-order valence-corrected chi connectivity index (χ2v) is 3.76. The highest BCUT2D eigenvalue weighted by molar-refractivity contribution is 7.99. The lowest BCUT2D eigenvalue weighted by atomic mass is 10.3. The molecule has 76 valence electrons. The Bertz CT molecular complexity index is 343. The number of ether oxygens (including phenoxy) is 3. The molecular formula is C9H11NO3S. The number of fused-ring (bicyclic) bond motifs is 1. The number of hydrogen-bond acceptors (Lipinski definition) is 5. The third-order valence-corrected chi connectivity index (χ3v) is 2.86. The quantitative estimate of drug-likeness (QED) is 0.470. The van der Waals surface area contributed by atoms with Crippen LogP contribution in [0.1, 0.15) is 0 Å². The first-order valence-electron chi connectivity index (χ1n) is 4.12. The van der Waals surface area contributed by atoms with E-state index in [1.165, 1.54) is 11.8 Å². The van der Waals surface area contributed by atoms with Crippen molar-refractivity contribution >= 4 is 17.4 Å². The zero-order chi connectivity index (χ0) is 9.97. The van der Waals surface area contributed by atoms with Gasteiger partial charge in [-0.1, -0.05) is 11.8 Å². The third kappa shape index (κ3) is 1.73. The van der Waals surface area contributed by atoms with Crippen molar-refractivity contribution in [2.45, 2.75) is 4.90 Å². The van der Waals surface area contributed by atoms with E-state index in [0.29, 0.717) is 17.4 Å². The number of rotatable bonds is 3. The Hall–Kier alpha value is -1.07. The summed E-state index contributed by atoms with van der Waals surface area (Å²) in [5, 5.41) is 0. The Labute approximate surface area is 86.3 Å². The van der Waals surface area contributed by atoms with Crippen molar-refractivity contribution < 1.29 is 14.2 Å². The van der Waals surface area contributed by atoms with E-state index < -0.39 is 0 Å². The molecule has 0 amide bonds. The molecule has 0 saturated heterocycles. The fraction of sp³-hybridized carbons (Fsp3) is 0.333. The molecule has 0 aliphatic carbocycles. The van der Waals surface area contributed by atoms with Crippen LogP contribution in [0.15, 0.2) is 17.0 Å². The Kier molecular flexibility index (Phi) is 2.69. The first kappa shape index (κ1) is 9.48. The topological polar surface area (TPSA) is 53.7 Å². The van der Waals surface area contributed by atoms with E-state index in [4.69, 9.17) is 19.9 Å². The maximum atomic E-state index is 5.82. The average molecular weight is 213 g/mol. The van der Waals surface area contributed by atoms with E-state index in [1.54, 1.807) is 13.2 Å². The summed E-state index contributed by atoms with van der Waals surface area (Å²) >= 11 is 1.53. The summed E-state index contributed by atoms with van der Waals surface area (Å²) < 4.78 is 15.4. The van der Waals surface area contributed by atoms with Gasteiger partial charge in [0.1, 0.15) is 0 Å². The van der Waals surface area contributed by atoms with Gasteiger partial charge in [-0.05, 0) is 6.07 Å². The van der Waals surface area contributed by atoms with Crippen molar-refractivity contribution in [3.8, 4) is 11.5 Å². The maximum absolute atomic E-state index is 5.82. The first-order valence-corrected chi connectivity index (χ1v) is 5.10. The molecule has 0 atom stereocenters. The molecule has 0 radical (unpaired) electrons. The Morgan fingerprint density at radius 3 is 2.86 bits per heavy atom. The molecule has 0 bridgehead atoms.